The van der Waals surface area contributed by atoms with Gasteiger partial charge in [-0.1, -0.05) is 18.5 Å². The van der Waals surface area contributed by atoms with Crippen LogP contribution in [0.3, 0.4) is 0 Å². The van der Waals surface area contributed by atoms with Crippen LogP contribution < -0.4 is 4.72 Å². The molecule has 0 aliphatic rings. The molecule has 0 aromatic carbocycles. The van der Waals surface area contributed by atoms with Crippen molar-refractivity contribution in [3.05, 3.63) is 16.5 Å². The molecule has 0 amide bonds. The van der Waals surface area contributed by atoms with E-state index in [1.54, 1.807) is 6.07 Å². The van der Waals surface area contributed by atoms with E-state index in [2.05, 4.69) is 4.72 Å². The lowest BCUT2D eigenvalue weighted by Gasteiger charge is -2.08. The average molecular weight is 298 g/mol. The van der Waals surface area contributed by atoms with E-state index in [4.69, 9.17) is 16.7 Å². The molecule has 1 aromatic heterocycles. The van der Waals surface area contributed by atoms with Crippen molar-refractivity contribution in [2.24, 2.45) is 5.92 Å². The largest absolute Gasteiger partial charge is 0.396 e. The van der Waals surface area contributed by atoms with Gasteiger partial charge in [-0.2, -0.15) is 0 Å². The molecule has 0 aliphatic carbocycles. The number of hydrogen-bond acceptors (Lipinski definition) is 4. The SMILES string of the molecule is C[C@@H](CO)CCCNS(=O)(=O)c1ccc(Cl)s1. The van der Waals surface area contributed by atoms with Crippen LogP contribution in [0.15, 0.2) is 16.3 Å². The van der Waals surface area contributed by atoms with Gasteiger partial charge in [0, 0.05) is 13.2 Å². The highest BCUT2D eigenvalue weighted by Crippen LogP contribution is 2.25. The first kappa shape index (κ1) is 14.9. The second kappa shape index (κ2) is 6.70. The van der Waals surface area contributed by atoms with Crippen molar-refractivity contribution in [2.45, 2.75) is 24.0 Å². The molecule has 1 rings (SSSR count). The van der Waals surface area contributed by atoms with Gasteiger partial charge in [0.2, 0.25) is 10.0 Å². The summed E-state index contributed by atoms with van der Waals surface area (Å²) in [5, 5.41) is 8.82. The molecule has 4 nitrogen and oxygen atoms in total. The maximum Gasteiger partial charge on any atom is 0.250 e. The number of aliphatic hydroxyl groups excluding tert-OH is 1. The summed E-state index contributed by atoms with van der Waals surface area (Å²) in [4.78, 5) is 0. The molecule has 1 atom stereocenters. The number of nitrogens with one attached hydrogen (secondary N) is 1. The summed E-state index contributed by atoms with van der Waals surface area (Å²) in [5.41, 5.74) is 0. The average Bonchev–Trinajstić information content (AvgIpc) is 2.71. The first-order valence-electron chi connectivity index (χ1n) is 5.31. The van der Waals surface area contributed by atoms with Gasteiger partial charge in [-0.25, -0.2) is 13.1 Å². The Balaban J connectivity index is 2.41. The summed E-state index contributed by atoms with van der Waals surface area (Å²) in [7, 11) is -3.42. The monoisotopic (exact) mass is 297 g/mol. The van der Waals surface area contributed by atoms with Crippen molar-refractivity contribution >= 4 is 33.0 Å². The Kier molecular flexibility index (Phi) is 5.88. The molecule has 2 N–H and O–H groups in total. The van der Waals surface area contributed by atoms with E-state index in [0.717, 1.165) is 17.8 Å². The Morgan fingerprint density at radius 2 is 2.24 bits per heavy atom. The predicted molar refractivity (Wildman–Crippen MR) is 70.0 cm³/mol. The van der Waals surface area contributed by atoms with E-state index in [0.29, 0.717) is 17.3 Å². The Morgan fingerprint density at radius 1 is 1.53 bits per heavy atom. The number of hydrogen-bond donors (Lipinski definition) is 2. The van der Waals surface area contributed by atoms with E-state index < -0.39 is 10.0 Å². The van der Waals surface area contributed by atoms with Gasteiger partial charge >= 0.3 is 0 Å². The van der Waals surface area contributed by atoms with E-state index in [9.17, 15) is 8.42 Å². The highest BCUT2D eigenvalue weighted by Gasteiger charge is 2.15. The molecule has 0 fully saturated rings. The molecule has 0 radical (unpaired) electrons. The molecule has 1 aromatic rings. The molecule has 0 saturated heterocycles. The smallest absolute Gasteiger partial charge is 0.250 e. The van der Waals surface area contributed by atoms with E-state index in [-0.39, 0.29) is 16.7 Å². The molecular formula is C10H16ClNO3S2. The molecule has 0 unspecified atom stereocenters. The van der Waals surface area contributed by atoms with Crippen LogP contribution >= 0.6 is 22.9 Å². The summed E-state index contributed by atoms with van der Waals surface area (Å²) in [5.74, 6) is 0.204. The second-order valence-electron chi connectivity index (χ2n) is 3.89. The molecular weight excluding hydrogens is 282 g/mol. The molecule has 7 heteroatoms. The quantitative estimate of drug-likeness (QED) is 0.757. The Hall–Kier alpha value is -0.140. The van der Waals surface area contributed by atoms with Gasteiger partial charge in [0.1, 0.15) is 4.21 Å². The lowest BCUT2D eigenvalue weighted by molar-refractivity contribution is 0.228. The van der Waals surface area contributed by atoms with Crippen LogP contribution in [0.1, 0.15) is 19.8 Å². The number of halogens is 1. The third kappa shape index (κ3) is 4.93. The van der Waals surface area contributed by atoms with Gasteiger partial charge in [0.05, 0.1) is 4.34 Å². The van der Waals surface area contributed by atoms with Crippen molar-refractivity contribution in [3.8, 4) is 0 Å². The fraction of sp³-hybridized carbons (Fsp3) is 0.600. The predicted octanol–water partition coefficient (Wildman–Crippen LogP) is 2.09. The third-order valence-corrected chi connectivity index (χ3v) is 5.47. The molecule has 0 saturated carbocycles. The van der Waals surface area contributed by atoms with Crippen LogP contribution in [0.2, 0.25) is 4.34 Å². The fourth-order valence-electron chi connectivity index (χ4n) is 1.26. The lowest BCUT2D eigenvalue weighted by Crippen LogP contribution is -2.24. The van der Waals surface area contributed by atoms with Crippen molar-refractivity contribution in [2.75, 3.05) is 13.2 Å². The highest BCUT2D eigenvalue weighted by atomic mass is 35.5. The maximum absolute atomic E-state index is 11.8. The molecule has 17 heavy (non-hydrogen) atoms. The van der Waals surface area contributed by atoms with Crippen molar-refractivity contribution in [1.29, 1.82) is 0 Å². The zero-order valence-electron chi connectivity index (χ0n) is 9.52. The van der Waals surface area contributed by atoms with Gasteiger partial charge in [-0.05, 0) is 30.9 Å². The normalized spacial score (nSPS) is 13.8. The van der Waals surface area contributed by atoms with E-state index >= 15 is 0 Å². The van der Waals surface area contributed by atoms with Crippen molar-refractivity contribution in [3.63, 3.8) is 0 Å². The fourth-order valence-corrected chi connectivity index (χ4v) is 3.86. The molecule has 1 heterocycles. The first-order valence-corrected chi connectivity index (χ1v) is 7.99. The third-order valence-electron chi connectivity index (χ3n) is 2.29. The van der Waals surface area contributed by atoms with Crippen LogP contribution in [0, 0.1) is 5.92 Å². The lowest BCUT2D eigenvalue weighted by atomic mass is 10.1. The van der Waals surface area contributed by atoms with Crippen LogP contribution in [0.4, 0.5) is 0 Å². The standard InChI is InChI=1S/C10H16ClNO3S2/c1-8(7-13)3-2-6-12-17(14,15)10-5-4-9(11)16-10/h4-5,8,12-13H,2-3,6-7H2,1H3/t8-/m1/s1. The Morgan fingerprint density at radius 3 is 2.76 bits per heavy atom. The number of rotatable bonds is 7. The molecule has 0 spiro atoms. The van der Waals surface area contributed by atoms with Gasteiger partial charge < -0.3 is 5.11 Å². The molecule has 98 valence electrons. The van der Waals surface area contributed by atoms with Crippen molar-refractivity contribution in [1.82, 2.24) is 4.72 Å². The molecule has 0 bridgehead atoms. The summed E-state index contributed by atoms with van der Waals surface area (Å²) < 4.78 is 26.7. The minimum atomic E-state index is -3.42. The van der Waals surface area contributed by atoms with Crippen LogP contribution in [0.25, 0.3) is 0 Å². The van der Waals surface area contributed by atoms with E-state index in [1.807, 2.05) is 6.92 Å². The number of aliphatic hydroxyl groups is 1. The summed E-state index contributed by atoms with van der Waals surface area (Å²) in [6.45, 7) is 2.43. The number of thiophene rings is 1. The summed E-state index contributed by atoms with van der Waals surface area (Å²) >= 11 is 6.73. The summed E-state index contributed by atoms with van der Waals surface area (Å²) in [6.07, 6.45) is 1.50. The highest BCUT2D eigenvalue weighted by molar-refractivity contribution is 7.91. The van der Waals surface area contributed by atoms with Crippen molar-refractivity contribution < 1.29 is 13.5 Å². The Labute approximate surface area is 111 Å². The van der Waals surface area contributed by atoms with Gasteiger partial charge in [0.25, 0.3) is 0 Å². The van der Waals surface area contributed by atoms with Crippen LogP contribution in [0.5, 0.6) is 0 Å². The maximum atomic E-state index is 11.8. The zero-order chi connectivity index (χ0) is 12.9. The van der Waals surface area contributed by atoms with Crippen LogP contribution in [-0.4, -0.2) is 26.7 Å². The van der Waals surface area contributed by atoms with Gasteiger partial charge in [-0.3, -0.25) is 0 Å². The zero-order valence-corrected chi connectivity index (χ0v) is 11.9. The minimum absolute atomic E-state index is 0.132. The topological polar surface area (TPSA) is 66.4 Å². The van der Waals surface area contributed by atoms with Crippen LogP contribution in [-0.2, 0) is 10.0 Å². The second-order valence-corrected chi connectivity index (χ2v) is 7.60. The Bertz CT molecular complexity index is 444. The molecule has 0 aliphatic heterocycles. The van der Waals surface area contributed by atoms with Gasteiger partial charge in [0.15, 0.2) is 0 Å². The number of sulfonamides is 1. The van der Waals surface area contributed by atoms with Gasteiger partial charge in [-0.15, -0.1) is 11.3 Å². The first-order chi connectivity index (χ1) is 7.95. The van der Waals surface area contributed by atoms with E-state index in [1.165, 1.54) is 6.07 Å². The minimum Gasteiger partial charge on any atom is -0.396 e. The summed E-state index contributed by atoms with van der Waals surface area (Å²) in [6, 6.07) is 3.06.